The number of hydrogen-bond acceptors (Lipinski definition) is 0. The minimum absolute atomic E-state index is 0.110. The first kappa shape index (κ1) is 23.4. The molecule has 0 spiro atoms. The Balaban J connectivity index is 1.32. The van der Waals surface area contributed by atoms with Gasteiger partial charge in [-0.05, 0) is 64.9 Å². The van der Waals surface area contributed by atoms with E-state index in [2.05, 4.69) is 159 Å². The van der Waals surface area contributed by atoms with Crippen molar-refractivity contribution in [3.8, 4) is 17.1 Å². The Bertz CT molecular complexity index is 2940. The van der Waals surface area contributed by atoms with E-state index in [1.54, 1.807) is 0 Å². The van der Waals surface area contributed by atoms with Gasteiger partial charge in [0.05, 0.1) is 27.6 Å². The molecule has 0 unspecified atom stereocenters. The first-order chi connectivity index (χ1) is 22.9. The summed E-state index contributed by atoms with van der Waals surface area (Å²) in [5.74, 6) is 0. The molecule has 2 aliphatic heterocycles. The van der Waals surface area contributed by atoms with E-state index >= 15 is 0 Å². The summed E-state index contributed by atoms with van der Waals surface area (Å²) in [4.78, 5) is 0. The number of fused-ring (bicyclic) bond motifs is 14. The van der Waals surface area contributed by atoms with Crippen LogP contribution in [0.2, 0.25) is 0 Å². The van der Waals surface area contributed by atoms with Gasteiger partial charge in [0.25, 0.3) is 6.71 Å². The fraction of sp³-hybridized carbons (Fsp3) is 0. The van der Waals surface area contributed by atoms with Gasteiger partial charge in [-0.15, -0.1) is 0 Å². The van der Waals surface area contributed by atoms with Crippen LogP contribution in [0.5, 0.6) is 0 Å². The van der Waals surface area contributed by atoms with E-state index in [1.165, 1.54) is 98.9 Å². The standard InChI is InChI=1S/C42H24BN3/c1-6-16-34-26(11-1)27-12-2-7-17-35(27)44(34)25-23-31-29-14-4-9-19-37(29)46-39-22-21-30-28-13-3-8-18-36(28)45-38-20-10-5-15-32(38)43(40(39)42(30)45)33(24-25)41(31)46/h1-24H. The van der Waals surface area contributed by atoms with Crippen molar-refractivity contribution in [2.24, 2.45) is 0 Å². The third-order valence-electron chi connectivity index (χ3n) is 10.8. The number of aromatic nitrogens is 3. The fourth-order valence-corrected chi connectivity index (χ4v) is 9.13. The van der Waals surface area contributed by atoms with E-state index in [1.807, 2.05) is 0 Å². The summed E-state index contributed by atoms with van der Waals surface area (Å²) in [5, 5.41) is 7.80. The van der Waals surface area contributed by atoms with Crippen molar-refractivity contribution in [1.82, 2.24) is 13.7 Å². The van der Waals surface area contributed by atoms with Gasteiger partial charge in [0.1, 0.15) is 0 Å². The van der Waals surface area contributed by atoms with Crippen LogP contribution in [0.4, 0.5) is 0 Å². The van der Waals surface area contributed by atoms with Crippen molar-refractivity contribution in [1.29, 1.82) is 0 Å². The van der Waals surface area contributed by atoms with Crippen molar-refractivity contribution < 1.29 is 0 Å². The Morgan fingerprint density at radius 2 is 0.870 bits per heavy atom. The zero-order valence-corrected chi connectivity index (χ0v) is 24.8. The predicted octanol–water partition coefficient (Wildman–Crippen LogP) is 8.12. The molecule has 12 rings (SSSR count). The molecule has 210 valence electrons. The van der Waals surface area contributed by atoms with E-state index in [-0.39, 0.29) is 6.71 Å². The van der Waals surface area contributed by atoms with Gasteiger partial charge in [-0.1, -0.05) is 97.1 Å². The van der Waals surface area contributed by atoms with Crippen LogP contribution in [0.1, 0.15) is 0 Å². The van der Waals surface area contributed by atoms with Crippen molar-refractivity contribution in [3.63, 3.8) is 0 Å². The predicted molar refractivity (Wildman–Crippen MR) is 194 cm³/mol. The maximum absolute atomic E-state index is 2.55. The Morgan fingerprint density at radius 3 is 1.54 bits per heavy atom. The smallest absolute Gasteiger partial charge is 0.252 e. The van der Waals surface area contributed by atoms with Crippen molar-refractivity contribution in [2.75, 3.05) is 0 Å². The number of hydrogen-bond donors (Lipinski definition) is 0. The molecule has 0 N–H and O–H groups in total. The van der Waals surface area contributed by atoms with Gasteiger partial charge in [-0.3, -0.25) is 0 Å². The Labute approximate surface area is 264 Å². The summed E-state index contributed by atoms with van der Waals surface area (Å²) in [5.41, 5.74) is 15.6. The van der Waals surface area contributed by atoms with Gasteiger partial charge in [-0.25, -0.2) is 0 Å². The normalized spacial score (nSPS) is 13.2. The minimum Gasteiger partial charge on any atom is -0.310 e. The van der Waals surface area contributed by atoms with Crippen LogP contribution >= 0.6 is 0 Å². The molecule has 3 aromatic heterocycles. The summed E-state index contributed by atoms with van der Waals surface area (Å²) >= 11 is 0. The molecule has 0 atom stereocenters. The second-order valence-corrected chi connectivity index (χ2v) is 12.9. The topological polar surface area (TPSA) is 14.8 Å². The Hall–Kier alpha value is -6.00. The number of nitrogens with zero attached hydrogens (tertiary/aromatic N) is 3. The molecular formula is C42H24BN3. The zero-order chi connectivity index (χ0) is 29.7. The largest absolute Gasteiger partial charge is 0.310 e. The van der Waals surface area contributed by atoms with Gasteiger partial charge >= 0.3 is 0 Å². The Kier molecular flexibility index (Phi) is 4.06. The molecule has 0 fully saturated rings. The SMILES string of the molecule is c1ccc2c(c1)B1c3cc(-n4c5ccccc5c5ccccc54)cc4c5ccccc5n(c34)-c3ccc4c5ccccc5n-2c4c31. The molecule has 2 aliphatic rings. The summed E-state index contributed by atoms with van der Waals surface area (Å²) in [6, 6.07) is 54.3. The van der Waals surface area contributed by atoms with E-state index in [4.69, 9.17) is 0 Å². The first-order valence-electron chi connectivity index (χ1n) is 16.1. The van der Waals surface area contributed by atoms with Crippen LogP contribution in [0, 0.1) is 0 Å². The number of benzene rings is 7. The van der Waals surface area contributed by atoms with E-state index in [0.717, 1.165) is 0 Å². The zero-order valence-electron chi connectivity index (χ0n) is 24.8. The van der Waals surface area contributed by atoms with Crippen molar-refractivity contribution in [3.05, 3.63) is 146 Å². The lowest BCUT2D eigenvalue weighted by Crippen LogP contribution is -2.59. The maximum atomic E-state index is 2.55. The monoisotopic (exact) mass is 581 g/mol. The molecule has 0 radical (unpaired) electrons. The van der Waals surface area contributed by atoms with Crippen LogP contribution in [-0.4, -0.2) is 20.4 Å². The second-order valence-electron chi connectivity index (χ2n) is 12.9. The third-order valence-corrected chi connectivity index (χ3v) is 10.8. The average Bonchev–Trinajstić information content (AvgIpc) is 3.76. The molecule has 0 aliphatic carbocycles. The average molecular weight is 581 g/mol. The lowest BCUT2D eigenvalue weighted by molar-refractivity contribution is 1.15. The molecule has 0 bridgehead atoms. The number of rotatable bonds is 1. The van der Waals surface area contributed by atoms with Gasteiger partial charge in [0.2, 0.25) is 0 Å². The van der Waals surface area contributed by atoms with E-state index in [9.17, 15) is 0 Å². The molecular weight excluding hydrogens is 557 g/mol. The first-order valence-corrected chi connectivity index (χ1v) is 16.1. The van der Waals surface area contributed by atoms with E-state index < -0.39 is 0 Å². The van der Waals surface area contributed by atoms with Crippen LogP contribution in [0.25, 0.3) is 82.5 Å². The lowest BCUT2D eigenvalue weighted by Gasteiger charge is -2.33. The summed E-state index contributed by atoms with van der Waals surface area (Å²) in [7, 11) is 0. The third kappa shape index (κ3) is 2.58. The molecule has 10 aromatic rings. The molecule has 3 nitrogen and oxygen atoms in total. The fourth-order valence-electron chi connectivity index (χ4n) is 9.13. The Morgan fingerprint density at radius 1 is 0.348 bits per heavy atom. The molecule has 0 saturated carbocycles. The van der Waals surface area contributed by atoms with Crippen LogP contribution < -0.4 is 16.4 Å². The lowest BCUT2D eigenvalue weighted by atomic mass is 9.34. The summed E-state index contributed by atoms with van der Waals surface area (Å²) < 4.78 is 7.56. The highest BCUT2D eigenvalue weighted by Gasteiger charge is 2.41. The maximum Gasteiger partial charge on any atom is 0.252 e. The van der Waals surface area contributed by atoms with Gasteiger partial charge in [0.15, 0.2) is 0 Å². The minimum atomic E-state index is 0.110. The number of para-hydroxylation sites is 5. The van der Waals surface area contributed by atoms with Crippen LogP contribution in [-0.2, 0) is 0 Å². The molecule has 46 heavy (non-hydrogen) atoms. The van der Waals surface area contributed by atoms with Crippen LogP contribution in [0.3, 0.4) is 0 Å². The molecule has 5 heterocycles. The highest BCUT2D eigenvalue weighted by atomic mass is 15.0. The molecule has 0 amide bonds. The van der Waals surface area contributed by atoms with Gasteiger partial charge in [-0.2, -0.15) is 0 Å². The van der Waals surface area contributed by atoms with Crippen molar-refractivity contribution in [2.45, 2.75) is 0 Å². The summed E-state index contributed by atoms with van der Waals surface area (Å²) in [6.07, 6.45) is 0. The van der Waals surface area contributed by atoms with E-state index in [0.29, 0.717) is 0 Å². The van der Waals surface area contributed by atoms with Gasteiger partial charge in [0, 0.05) is 54.9 Å². The molecule has 7 aromatic carbocycles. The highest BCUT2D eigenvalue weighted by molar-refractivity contribution is 7.00. The van der Waals surface area contributed by atoms with Gasteiger partial charge < -0.3 is 13.7 Å². The second kappa shape index (κ2) is 7.98. The summed E-state index contributed by atoms with van der Waals surface area (Å²) in [6.45, 7) is 0.110. The van der Waals surface area contributed by atoms with Crippen LogP contribution in [0.15, 0.2) is 146 Å². The van der Waals surface area contributed by atoms with Crippen molar-refractivity contribution >= 4 is 88.5 Å². The molecule has 4 heteroatoms. The quantitative estimate of drug-likeness (QED) is 0.174. The molecule has 0 saturated heterocycles. The highest BCUT2D eigenvalue weighted by Crippen LogP contribution is 2.41.